The number of benzene rings is 2. The van der Waals surface area contributed by atoms with Crippen molar-refractivity contribution in [2.45, 2.75) is 13.5 Å². The zero-order valence-electron chi connectivity index (χ0n) is 15.9. The number of aromatic amines is 1. The number of aromatic nitrogens is 2. The Bertz CT molecular complexity index is 1080. The standard InChI is InChI=1S/C20H21ClN4O3/c1-12-8-16(17(28-3)9-14(12)21)23-19(26)11-25(2)10-18-22-15-7-5-4-6-13(15)20(27)24-18/h4-9H,10-11H2,1-3H3,(H,23,26)(H,22,24,27). The average molecular weight is 401 g/mol. The summed E-state index contributed by atoms with van der Waals surface area (Å²) in [6.45, 7) is 2.29. The van der Waals surface area contributed by atoms with Crippen LogP contribution in [0.1, 0.15) is 11.4 Å². The normalized spacial score (nSPS) is 11.0. The van der Waals surface area contributed by atoms with E-state index in [2.05, 4.69) is 15.3 Å². The van der Waals surface area contributed by atoms with Gasteiger partial charge >= 0.3 is 0 Å². The van der Waals surface area contributed by atoms with E-state index < -0.39 is 0 Å². The highest BCUT2D eigenvalue weighted by atomic mass is 35.5. The van der Waals surface area contributed by atoms with Crippen LogP contribution in [0.3, 0.4) is 0 Å². The number of H-pyrrole nitrogens is 1. The molecule has 2 N–H and O–H groups in total. The van der Waals surface area contributed by atoms with Gasteiger partial charge in [-0.1, -0.05) is 23.7 Å². The molecule has 0 unspecified atom stereocenters. The smallest absolute Gasteiger partial charge is 0.258 e. The number of para-hydroxylation sites is 1. The van der Waals surface area contributed by atoms with Gasteiger partial charge < -0.3 is 15.0 Å². The minimum absolute atomic E-state index is 0.112. The lowest BCUT2D eigenvalue weighted by Gasteiger charge is -2.17. The molecular weight excluding hydrogens is 380 g/mol. The lowest BCUT2D eigenvalue weighted by molar-refractivity contribution is -0.117. The molecule has 1 aromatic heterocycles. The highest BCUT2D eigenvalue weighted by Crippen LogP contribution is 2.30. The van der Waals surface area contributed by atoms with Crippen LogP contribution in [0.4, 0.5) is 5.69 Å². The Morgan fingerprint density at radius 2 is 2.07 bits per heavy atom. The molecule has 0 saturated heterocycles. The van der Waals surface area contributed by atoms with Gasteiger partial charge in [-0.15, -0.1) is 0 Å². The van der Waals surface area contributed by atoms with E-state index in [4.69, 9.17) is 16.3 Å². The predicted molar refractivity (Wildman–Crippen MR) is 110 cm³/mol. The number of nitrogens with one attached hydrogen (secondary N) is 2. The number of carbonyl (C=O) groups excluding carboxylic acids is 1. The fraction of sp³-hybridized carbons (Fsp3) is 0.250. The molecule has 3 aromatic rings. The summed E-state index contributed by atoms with van der Waals surface area (Å²) < 4.78 is 5.27. The summed E-state index contributed by atoms with van der Waals surface area (Å²) in [5, 5.41) is 3.94. The first-order chi connectivity index (χ1) is 13.4. The number of aryl methyl sites for hydroxylation is 1. The van der Waals surface area contributed by atoms with Crippen molar-refractivity contribution in [3.05, 3.63) is 63.2 Å². The molecule has 1 heterocycles. The molecule has 0 saturated carbocycles. The summed E-state index contributed by atoms with van der Waals surface area (Å²) in [7, 11) is 3.30. The molecule has 0 fully saturated rings. The monoisotopic (exact) mass is 400 g/mol. The number of ether oxygens (including phenoxy) is 1. The molecule has 0 aliphatic carbocycles. The number of halogens is 1. The third-order valence-electron chi connectivity index (χ3n) is 4.25. The fourth-order valence-corrected chi connectivity index (χ4v) is 3.04. The van der Waals surface area contributed by atoms with Crippen molar-refractivity contribution in [3.8, 4) is 5.75 Å². The topological polar surface area (TPSA) is 87.3 Å². The third kappa shape index (κ3) is 4.49. The van der Waals surface area contributed by atoms with Gasteiger partial charge in [0, 0.05) is 11.1 Å². The molecule has 1 amide bonds. The van der Waals surface area contributed by atoms with Crippen LogP contribution >= 0.6 is 11.6 Å². The van der Waals surface area contributed by atoms with Crippen LogP contribution < -0.4 is 15.6 Å². The van der Waals surface area contributed by atoms with Gasteiger partial charge in [0.25, 0.3) is 5.56 Å². The van der Waals surface area contributed by atoms with Gasteiger partial charge in [0.1, 0.15) is 11.6 Å². The van der Waals surface area contributed by atoms with Gasteiger partial charge in [-0.25, -0.2) is 4.98 Å². The van der Waals surface area contributed by atoms with Crippen molar-refractivity contribution in [1.82, 2.24) is 14.9 Å². The molecule has 3 rings (SSSR count). The highest BCUT2D eigenvalue weighted by Gasteiger charge is 2.13. The van der Waals surface area contributed by atoms with E-state index in [-0.39, 0.29) is 18.0 Å². The summed E-state index contributed by atoms with van der Waals surface area (Å²) in [6.07, 6.45) is 0. The Labute approximate surface area is 167 Å². The number of nitrogens with zero attached hydrogens (tertiary/aromatic N) is 2. The third-order valence-corrected chi connectivity index (χ3v) is 4.66. The maximum atomic E-state index is 12.4. The van der Waals surface area contributed by atoms with Gasteiger partial charge in [-0.2, -0.15) is 0 Å². The van der Waals surface area contributed by atoms with Crippen LogP contribution in [0.2, 0.25) is 5.02 Å². The predicted octanol–water partition coefficient (Wildman–Crippen LogP) is 2.96. The molecule has 28 heavy (non-hydrogen) atoms. The van der Waals surface area contributed by atoms with Crippen molar-refractivity contribution >= 4 is 34.1 Å². The van der Waals surface area contributed by atoms with Crippen molar-refractivity contribution in [1.29, 1.82) is 0 Å². The Kier molecular flexibility index (Phi) is 5.96. The van der Waals surface area contributed by atoms with Crippen LogP contribution in [-0.4, -0.2) is 41.5 Å². The first-order valence-electron chi connectivity index (χ1n) is 8.68. The molecule has 2 aromatic carbocycles. The van der Waals surface area contributed by atoms with E-state index in [1.54, 1.807) is 42.3 Å². The van der Waals surface area contributed by atoms with Crippen molar-refractivity contribution in [2.24, 2.45) is 0 Å². The Balaban J connectivity index is 1.68. The number of rotatable bonds is 6. The van der Waals surface area contributed by atoms with Crippen LogP contribution in [-0.2, 0) is 11.3 Å². The summed E-state index contributed by atoms with van der Waals surface area (Å²) in [5.41, 5.74) is 1.82. The van der Waals surface area contributed by atoms with Crippen molar-refractivity contribution < 1.29 is 9.53 Å². The number of likely N-dealkylation sites (N-methyl/N-ethyl adjacent to an activating group) is 1. The van der Waals surface area contributed by atoms with Gasteiger partial charge in [0.15, 0.2) is 0 Å². The van der Waals surface area contributed by atoms with E-state index >= 15 is 0 Å². The van der Waals surface area contributed by atoms with Crippen LogP contribution in [0, 0.1) is 6.92 Å². The molecule has 8 heteroatoms. The van der Waals surface area contributed by atoms with E-state index in [9.17, 15) is 9.59 Å². The summed E-state index contributed by atoms with van der Waals surface area (Å²) in [5.74, 6) is 0.775. The van der Waals surface area contributed by atoms with E-state index in [1.807, 2.05) is 13.0 Å². The molecule has 0 aliphatic heterocycles. The Morgan fingerprint density at radius 1 is 1.32 bits per heavy atom. The zero-order valence-corrected chi connectivity index (χ0v) is 16.6. The Hall–Kier alpha value is -2.90. The van der Waals surface area contributed by atoms with E-state index in [1.165, 1.54) is 7.11 Å². The lowest BCUT2D eigenvalue weighted by Crippen LogP contribution is -2.31. The molecule has 0 aliphatic rings. The molecular formula is C20H21ClN4O3. The number of fused-ring (bicyclic) bond motifs is 1. The van der Waals surface area contributed by atoms with Gasteiger partial charge in [-0.3, -0.25) is 14.5 Å². The first kappa shape index (κ1) is 19.9. The molecule has 0 atom stereocenters. The van der Waals surface area contributed by atoms with E-state index in [0.717, 1.165) is 5.56 Å². The van der Waals surface area contributed by atoms with Gasteiger partial charge in [0.05, 0.1) is 36.8 Å². The highest BCUT2D eigenvalue weighted by molar-refractivity contribution is 6.31. The van der Waals surface area contributed by atoms with Crippen LogP contribution in [0.25, 0.3) is 10.9 Å². The number of hydrogen-bond donors (Lipinski definition) is 2. The Morgan fingerprint density at radius 3 is 2.82 bits per heavy atom. The fourth-order valence-electron chi connectivity index (χ4n) is 2.89. The molecule has 146 valence electrons. The van der Waals surface area contributed by atoms with E-state index in [0.29, 0.717) is 39.7 Å². The van der Waals surface area contributed by atoms with Crippen LogP contribution in [0.5, 0.6) is 5.75 Å². The molecule has 0 bridgehead atoms. The second-order valence-electron chi connectivity index (χ2n) is 6.55. The quantitative estimate of drug-likeness (QED) is 0.664. The lowest BCUT2D eigenvalue weighted by atomic mass is 10.2. The molecule has 0 spiro atoms. The zero-order chi connectivity index (χ0) is 20.3. The van der Waals surface area contributed by atoms with Gasteiger partial charge in [0.2, 0.25) is 5.91 Å². The first-order valence-corrected chi connectivity index (χ1v) is 9.05. The maximum absolute atomic E-state index is 12.4. The number of amides is 1. The average Bonchev–Trinajstić information content (AvgIpc) is 2.64. The summed E-state index contributed by atoms with van der Waals surface area (Å²) in [6, 6.07) is 10.6. The largest absolute Gasteiger partial charge is 0.495 e. The van der Waals surface area contributed by atoms with Crippen molar-refractivity contribution in [2.75, 3.05) is 26.0 Å². The van der Waals surface area contributed by atoms with Gasteiger partial charge in [-0.05, 0) is 37.7 Å². The summed E-state index contributed by atoms with van der Waals surface area (Å²) >= 11 is 6.09. The van der Waals surface area contributed by atoms with Crippen LogP contribution in [0.15, 0.2) is 41.2 Å². The minimum Gasteiger partial charge on any atom is -0.495 e. The number of hydrogen-bond acceptors (Lipinski definition) is 5. The molecule has 7 nitrogen and oxygen atoms in total. The number of carbonyl (C=O) groups is 1. The minimum atomic E-state index is -0.217. The number of methoxy groups -OCH3 is 1. The van der Waals surface area contributed by atoms with Crippen molar-refractivity contribution in [3.63, 3.8) is 0 Å². The second-order valence-corrected chi connectivity index (χ2v) is 6.96. The second kappa shape index (κ2) is 8.41. The molecule has 0 radical (unpaired) electrons. The maximum Gasteiger partial charge on any atom is 0.258 e. The number of anilines is 1. The SMILES string of the molecule is COc1cc(Cl)c(C)cc1NC(=O)CN(C)Cc1nc2ccccc2c(=O)[nH]1. The summed E-state index contributed by atoms with van der Waals surface area (Å²) in [4.78, 5) is 33.6.